The van der Waals surface area contributed by atoms with Crippen LogP contribution in [0.5, 0.6) is 0 Å². The van der Waals surface area contributed by atoms with E-state index < -0.39 is 0 Å². The molecule has 0 aliphatic heterocycles. The molecular formula is C15H22BrNS. The van der Waals surface area contributed by atoms with Crippen LogP contribution in [0.25, 0.3) is 0 Å². The van der Waals surface area contributed by atoms with Crippen LogP contribution in [0.15, 0.2) is 5.38 Å². The van der Waals surface area contributed by atoms with Crippen LogP contribution in [0.3, 0.4) is 0 Å². The van der Waals surface area contributed by atoms with Gasteiger partial charge in [-0.05, 0) is 36.5 Å². The molecule has 0 radical (unpaired) electrons. The van der Waals surface area contributed by atoms with Crippen LogP contribution in [0.2, 0.25) is 0 Å². The van der Waals surface area contributed by atoms with E-state index in [1.54, 1.807) is 0 Å². The average Bonchev–Trinajstić information content (AvgIpc) is 2.76. The van der Waals surface area contributed by atoms with Crippen LogP contribution in [0.1, 0.15) is 50.7 Å². The van der Waals surface area contributed by atoms with E-state index in [0.717, 1.165) is 17.2 Å². The molecule has 0 amide bonds. The molecule has 2 aliphatic rings. The van der Waals surface area contributed by atoms with Crippen LogP contribution >= 0.6 is 27.3 Å². The molecule has 0 aromatic carbocycles. The molecule has 18 heavy (non-hydrogen) atoms. The van der Waals surface area contributed by atoms with Gasteiger partial charge in [0.25, 0.3) is 0 Å². The zero-order valence-electron chi connectivity index (χ0n) is 11.5. The maximum atomic E-state index is 4.88. The van der Waals surface area contributed by atoms with E-state index in [2.05, 4.69) is 42.1 Å². The maximum Gasteiger partial charge on any atom is 0.0934 e. The quantitative estimate of drug-likeness (QED) is 0.727. The van der Waals surface area contributed by atoms with Gasteiger partial charge >= 0.3 is 0 Å². The molecule has 1 nitrogen and oxygen atoms in total. The molecule has 2 saturated carbocycles. The standard InChI is InChI=1S/C15H22BrNS/c1-14(2,3)12-8-18-13(17-12)7-15(9-16)5-10-4-11(10)6-15/h8,10-11H,4-7,9H2,1-3H3. The largest absolute Gasteiger partial charge is 0.246 e. The summed E-state index contributed by atoms with van der Waals surface area (Å²) in [6, 6.07) is 0. The van der Waals surface area contributed by atoms with Gasteiger partial charge in [0.05, 0.1) is 10.7 Å². The second kappa shape index (κ2) is 4.31. The van der Waals surface area contributed by atoms with Gasteiger partial charge in [-0.2, -0.15) is 0 Å². The Morgan fingerprint density at radius 3 is 2.56 bits per heavy atom. The summed E-state index contributed by atoms with van der Waals surface area (Å²) < 4.78 is 0. The fraction of sp³-hybridized carbons (Fsp3) is 0.800. The second-order valence-corrected chi connectivity index (χ2v) is 8.85. The molecule has 100 valence electrons. The third-order valence-corrected chi connectivity index (χ3v) is 6.63. The zero-order valence-corrected chi connectivity index (χ0v) is 13.9. The first-order valence-corrected chi connectivity index (χ1v) is 8.93. The molecule has 0 N–H and O–H groups in total. The van der Waals surface area contributed by atoms with E-state index in [9.17, 15) is 0 Å². The number of fused-ring (bicyclic) bond motifs is 1. The first-order chi connectivity index (χ1) is 8.42. The summed E-state index contributed by atoms with van der Waals surface area (Å²) in [6.45, 7) is 6.74. The van der Waals surface area contributed by atoms with Gasteiger partial charge in [0, 0.05) is 22.5 Å². The molecule has 2 fully saturated rings. The molecule has 1 heterocycles. The molecule has 2 aliphatic carbocycles. The fourth-order valence-electron chi connectivity index (χ4n) is 3.36. The summed E-state index contributed by atoms with van der Waals surface area (Å²) in [6.07, 6.45) is 5.53. The predicted molar refractivity (Wildman–Crippen MR) is 81.6 cm³/mol. The highest BCUT2D eigenvalue weighted by atomic mass is 79.9. The van der Waals surface area contributed by atoms with Gasteiger partial charge in [0.15, 0.2) is 0 Å². The lowest BCUT2D eigenvalue weighted by molar-refractivity contribution is 0.307. The van der Waals surface area contributed by atoms with Crippen molar-refractivity contribution in [3.63, 3.8) is 0 Å². The minimum atomic E-state index is 0.189. The number of rotatable bonds is 3. The normalized spacial score (nSPS) is 34.7. The van der Waals surface area contributed by atoms with E-state index in [-0.39, 0.29) is 5.41 Å². The van der Waals surface area contributed by atoms with Gasteiger partial charge in [-0.15, -0.1) is 11.3 Å². The summed E-state index contributed by atoms with van der Waals surface area (Å²) in [5.41, 5.74) is 1.96. The van der Waals surface area contributed by atoms with Crippen LogP contribution in [-0.4, -0.2) is 10.3 Å². The predicted octanol–water partition coefficient (Wildman–Crippen LogP) is 4.79. The lowest BCUT2D eigenvalue weighted by atomic mass is 9.82. The second-order valence-electron chi connectivity index (χ2n) is 7.35. The average molecular weight is 328 g/mol. The van der Waals surface area contributed by atoms with Gasteiger partial charge in [0.1, 0.15) is 0 Å². The van der Waals surface area contributed by atoms with Crippen molar-refractivity contribution in [1.29, 1.82) is 0 Å². The minimum absolute atomic E-state index is 0.189. The molecule has 2 atom stereocenters. The van der Waals surface area contributed by atoms with Crippen molar-refractivity contribution < 1.29 is 0 Å². The van der Waals surface area contributed by atoms with Crippen molar-refractivity contribution in [2.24, 2.45) is 17.3 Å². The zero-order chi connectivity index (χ0) is 13.0. The van der Waals surface area contributed by atoms with Crippen molar-refractivity contribution in [3.05, 3.63) is 16.1 Å². The Bertz CT molecular complexity index is 436. The number of hydrogen-bond donors (Lipinski definition) is 0. The van der Waals surface area contributed by atoms with E-state index in [4.69, 9.17) is 4.98 Å². The third kappa shape index (κ3) is 2.40. The summed E-state index contributed by atoms with van der Waals surface area (Å²) in [4.78, 5) is 4.88. The number of thiazole rings is 1. The first-order valence-electron chi connectivity index (χ1n) is 6.93. The number of aromatic nitrogens is 1. The Hall–Kier alpha value is 0.110. The van der Waals surface area contributed by atoms with Crippen LogP contribution in [-0.2, 0) is 11.8 Å². The molecule has 1 aromatic rings. The molecule has 1 aromatic heterocycles. The fourth-order valence-corrected chi connectivity index (χ4v) is 5.21. The summed E-state index contributed by atoms with van der Waals surface area (Å²) in [5.74, 6) is 2.09. The number of alkyl halides is 1. The third-order valence-electron chi connectivity index (χ3n) is 4.59. The highest BCUT2D eigenvalue weighted by Gasteiger charge is 2.53. The molecule has 3 heteroatoms. The Kier molecular flexibility index (Phi) is 3.14. The molecule has 3 rings (SSSR count). The smallest absolute Gasteiger partial charge is 0.0934 e. The van der Waals surface area contributed by atoms with E-state index in [0.29, 0.717) is 5.41 Å². The van der Waals surface area contributed by atoms with Gasteiger partial charge in [-0.1, -0.05) is 36.7 Å². The van der Waals surface area contributed by atoms with Crippen molar-refractivity contribution in [2.75, 3.05) is 5.33 Å². The lowest BCUT2D eigenvalue weighted by Gasteiger charge is -2.27. The topological polar surface area (TPSA) is 12.9 Å². The minimum Gasteiger partial charge on any atom is -0.246 e. The molecule has 0 saturated heterocycles. The van der Waals surface area contributed by atoms with Gasteiger partial charge < -0.3 is 0 Å². The van der Waals surface area contributed by atoms with E-state index >= 15 is 0 Å². The SMILES string of the molecule is CC(C)(C)c1csc(CC2(CBr)CC3CC3C2)n1. The highest BCUT2D eigenvalue weighted by molar-refractivity contribution is 9.09. The lowest BCUT2D eigenvalue weighted by Crippen LogP contribution is -2.24. The first kappa shape index (κ1) is 13.1. The monoisotopic (exact) mass is 327 g/mol. The Labute approximate surface area is 123 Å². The van der Waals surface area contributed by atoms with Crippen molar-refractivity contribution >= 4 is 27.3 Å². The van der Waals surface area contributed by atoms with Crippen molar-refractivity contribution in [2.45, 2.75) is 51.9 Å². The van der Waals surface area contributed by atoms with Crippen LogP contribution in [0.4, 0.5) is 0 Å². The number of nitrogens with zero attached hydrogens (tertiary/aromatic N) is 1. The maximum absolute atomic E-state index is 4.88. The van der Waals surface area contributed by atoms with Crippen molar-refractivity contribution in [1.82, 2.24) is 4.98 Å². The van der Waals surface area contributed by atoms with Crippen LogP contribution in [0, 0.1) is 17.3 Å². The molecule has 2 unspecified atom stereocenters. The van der Waals surface area contributed by atoms with Crippen LogP contribution < -0.4 is 0 Å². The Morgan fingerprint density at radius 1 is 1.39 bits per heavy atom. The van der Waals surface area contributed by atoms with Crippen molar-refractivity contribution in [3.8, 4) is 0 Å². The molecule has 0 spiro atoms. The molecular weight excluding hydrogens is 306 g/mol. The summed E-state index contributed by atoms with van der Waals surface area (Å²) in [5, 5.41) is 4.75. The Morgan fingerprint density at radius 2 is 2.06 bits per heavy atom. The summed E-state index contributed by atoms with van der Waals surface area (Å²) >= 11 is 5.62. The van der Waals surface area contributed by atoms with Gasteiger partial charge in [0.2, 0.25) is 0 Å². The summed E-state index contributed by atoms with van der Waals surface area (Å²) in [7, 11) is 0. The van der Waals surface area contributed by atoms with E-state index in [1.807, 2.05) is 11.3 Å². The number of halogens is 1. The molecule has 0 bridgehead atoms. The van der Waals surface area contributed by atoms with Gasteiger partial charge in [-0.3, -0.25) is 0 Å². The number of hydrogen-bond acceptors (Lipinski definition) is 2. The Balaban J connectivity index is 1.74. The highest BCUT2D eigenvalue weighted by Crippen LogP contribution is 2.61. The van der Waals surface area contributed by atoms with E-state index in [1.165, 1.54) is 36.4 Å². The van der Waals surface area contributed by atoms with Gasteiger partial charge in [-0.25, -0.2) is 4.98 Å².